The summed E-state index contributed by atoms with van der Waals surface area (Å²) in [6.07, 6.45) is -1.12. The number of hydrogen-bond acceptors (Lipinski definition) is 5. The molecule has 5 rings (SSSR count). The number of anilines is 1. The predicted octanol–water partition coefficient (Wildman–Crippen LogP) is 3.98. The minimum absolute atomic E-state index is 0.00407. The van der Waals surface area contributed by atoms with Gasteiger partial charge in [0.1, 0.15) is 6.54 Å². The molecule has 0 saturated heterocycles. The molecule has 9 nitrogen and oxygen atoms in total. The predicted molar refractivity (Wildman–Crippen MR) is 152 cm³/mol. The van der Waals surface area contributed by atoms with E-state index in [1.165, 1.54) is 0 Å². The number of benzene rings is 3. The van der Waals surface area contributed by atoms with Crippen molar-refractivity contribution < 1.29 is 37.5 Å². The van der Waals surface area contributed by atoms with Crippen molar-refractivity contribution in [3.63, 3.8) is 0 Å². The summed E-state index contributed by atoms with van der Waals surface area (Å²) >= 11 is 0. The molecule has 3 aromatic rings. The summed E-state index contributed by atoms with van der Waals surface area (Å²) in [7, 11) is 0. The maximum atomic E-state index is 13.4. The van der Waals surface area contributed by atoms with Crippen LogP contribution in [0.5, 0.6) is 0 Å². The molecular formula is C31H29F3N4O5. The summed E-state index contributed by atoms with van der Waals surface area (Å²) in [4.78, 5) is 53.4. The molecule has 43 heavy (non-hydrogen) atoms. The van der Waals surface area contributed by atoms with Crippen molar-refractivity contribution in [2.24, 2.45) is 5.73 Å². The molecule has 3 aromatic carbocycles. The summed E-state index contributed by atoms with van der Waals surface area (Å²) in [6, 6.07) is 22.3. The van der Waals surface area contributed by atoms with Gasteiger partial charge in [-0.25, -0.2) is 4.79 Å². The quantitative estimate of drug-likeness (QED) is 0.431. The molecule has 3 amide bonds. The number of carboxylic acids is 1. The second kappa shape index (κ2) is 13.3. The molecule has 0 bridgehead atoms. The fourth-order valence-corrected chi connectivity index (χ4v) is 4.65. The van der Waals surface area contributed by atoms with Crippen molar-refractivity contribution >= 4 is 29.4 Å². The van der Waals surface area contributed by atoms with E-state index in [0.717, 1.165) is 22.4 Å². The average molecular weight is 595 g/mol. The Kier molecular flexibility index (Phi) is 9.61. The van der Waals surface area contributed by atoms with E-state index in [1.54, 1.807) is 26.8 Å². The number of halogens is 3. The number of hydrogen-bond donors (Lipinski definition) is 2. The van der Waals surface area contributed by atoms with Crippen LogP contribution in [-0.4, -0.2) is 64.4 Å². The fraction of sp³-hybridized carbons (Fsp3) is 0.226. The first-order valence-corrected chi connectivity index (χ1v) is 13.3. The number of alkyl halides is 3. The molecule has 0 atom stereocenters. The highest BCUT2D eigenvalue weighted by Crippen LogP contribution is 2.28. The van der Waals surface area contributed by atoms with Crippen molar-refractivity contribution in [1.29, 1.82) is 0 Å². The molecule has 0 aromatic heterocycles. The largest absolute Gasteiger partial charge is 0.490 e. The van der Waals surface area contributed by atoms with Crippen molar-refractivity contribution in [3.05, 3.63) is 113 Å². The van der Waals surface area contributed by atoms with Crippen molar-refractivity contribution in [2.75, 3.05) is 24.5 Å². The third kappa shape index (κ3) is 7.66. The average Bonchev–Trinajstić information content (AvgIpc) is 3.50. The van der Waals surface area contributed by atoms with Gasteiger partial charge in [0.15, 0.2) is 0 Å². The molecular weight excluding hydrogens is 565 g/mol. The van der Waals surface area contributed by atoms with E-state index in [2.05, 4.69) is 0 Å². The van der Waals surface area contributed by atoms with Gasteiger partial charge in [0.2, 0.25) is 5.91 Å². The summed E-state index contributed by atoms with van der Waals surface area (Å²) in [5.41, 5.74) is 10.4. The van der Waals surface area contributed by atoms with E-state index in [4.69, 9.17) is 15.6 Å². The lowest BCUT2D eigenvalue weighted by Crippen LogP contribution is -2.39. The van der Waals surface area contributed by atoms with Crippen LogP contribution < -0.4 is 10.6 Å². The number of carbonyl (C=O) groups is 4. The van der Waals surface area contributed by atoms with Crippen LogP contribution in [0.25, 0.3) is 0 Å². The summed E-state index contributed by atoms with van der Waals surface area (Å²) in [6.45, 7) is 2.26. The molecule has 12 heteroatoms. The lowest BCUT2D eigenvalue weighted by atomic mass is 10.1. The number of rotatable bonds is 5. The molecule has 0 fully saturated rings. The van der Waals surface area contributed by atoms with Gasteiger partial charge < -0.3 is 25.5 Å². The van der Waals surface area contributed by atoms with Crippen LogP contribution in [0.2, 0.25) is 0 Å². The van der Waals surface area contributed by atoms with Crippen LogP contribution in [-0.2, 0) is 29.2 Å². The number of carbonyl (C=O) groups excluding carboxylic acids is 3. The Balaban J connectivity index is 0.000000541. The molecule has 0 unspecified atom stereocenters. The van der Waals surface area contributed by atoms with Gasteiger partial charge in [0.05, 0.1) is 6.54 Å². The Hall–Kier alpha value is -4.97. The molecule has 0 spiro atoms. The Labute approximate surface area is 245 Å². The molecule has 0 radical (unpaired) electrons. The van der Waals surface area contributed by atoms with E-state index in [-0.39, 0.29) is 24.3 Å². The van der Waals surface area contributed by atoms with Gasteiger partial charge >= 0.3 is 12.1 Å². The zero-order valence-corrected chi connectivity index (χ0v) is 23.0. The minimum atomic E-state index is -5.08. The number of nitrogens with two attached hydrogens (primary N) is 1. The second-order valence-corrected chi connectivity index (χ2v) is 9.86. The van der Waals surface area contributed by atoms with E-state index < -0.39 is 12.1 Å². The standard InChI is InChI=1S/C29H28N4O3.C2HF3O2/c30-17-22-6-5-8-24(16-22)29(36)32-19-25-7-1-2-9-26(25)33(27(34)20-32)18-21-10-12-23(13-11-21)28(35)31-14-3-4-15-31;3-2(4,5)1(6)7/h1-13,16H,14-15,17-20,30H2;(H,6,7). The van der Waals surface area contributed by atoms with E-state index in [9.17, 15) is 27.6 Å². The van der Waals surface area contributed by atoms with Crippen LogP contribution in [0, 0.1) is 0 Å². The SMILES string of the molecule is NCc1cccc(C(=O)N2CC(=O)N(Cc3ccc(C(=O)N4CC=CC4)cc3)c3ccccc3C2)c1.O=C(O)C(F)(F)F. The first-order valence-electron chi connectivity index (χ1n) is 13.3. The third-order valence-electron chi connectivity index (χ3n) is 6.86. The Morgan fingerprint density at radius 3 is 2.05 bits per heavy atom. The molecule has 0 saturated carbocycles. The number of aliphatic carboxylic acids is 1. The van der Waals surface area contributed by atoms with Gasteiger partial charge in [-0.2, -0.15) is 13.2 Å². The Morgan fingerprint density at radius 2 is 1.42 bits per heavy atom. The smallest absolute Gasteiger partial charge is 0.475 e. The zero-order chi connectivity index (χ0) is 31.1. The molecule has 2 aliphatic rings. The van der Waals surface area contributed by atoms with Crippen LogP contribution in [0.3, 0.4) is 0 Å². The highest BCUT2D eigenvalue weighted by atomic mass is 19.4. The molecule has 2 heterocycles. The first kappa shape index (κ1) is 31.0. The van der Waals surface area contributed by atoms with Gasteiger partial charge in [-0.15, -0.1) is 0 Å². The maximum Gasteiger partial charge on any atom is 0.490 e. The highest BCUT2D eigenvalue weighted by Gasteiger charge is 2.38. The molecule has 3 N–H and O–H groups in total. The van der Waals surface area contributed by atoms with Crippen LogP contribution >= 0.6 is 0 Å². The number of fused-ring (bicyclic) bond motifs is 1. The summed E-state index contributed by atoms with van der Waals surface area (Å²) < 4.78 is 31.7. The molecule has 2 aliphatic heterocycles. The minimum Gasteiger partial charge on any atom is -0.475 e. The van der Waals surface area contributed by atoms with Gasteiger partial charge in [-0.1, -0.05) is 54.6 Å². The Bertz CT molecular complexity index is 1530. The van der Waals surface area contributed by atoms with E-state index >= 15 is 0 Å². The summed E-state index contributed by atoms with van der Waals surface area (Å²) in [5.74, 6) is -3.12. The van der Waals surface area contributed by atoms with Gasteiger partial charge in [0.25, 0.3) is 11.8 Å². The van der Waals surface area contributed by atoms with Gasteiger partial charge in [0, 0.05) is 43.0 Å². The lowest BCUT2D eigenvalue weighted by molar-refractivity contribution is -0.192. The topological polar surface area (TPSA) is 124 Å². The van der Waals surface area contributed by atoms with Crippen LogP contribution in [0.15, 0.2) is 84.9 Å². The molecule has 224 valence electrons. The van der Waals surface area contributed by atoms with Crippen LogP contribution in [0.4, 0.5) is 18.9 Å². The Morgan fingerprint density at radius 1 is 0.791 bits per heavy atom. The second-order valence-electron chi connectivity index (χ2n) is 9.86. The van der Waals surface area contributed by atoms with E-state index in [1.807, 2.05) is 72.8 Å². The first-order chi connectivity index (χ1) is 20.5. The number of para-hydroxylation sites is 1. The monoisotopic (exact) mass is 594 g/mol. The lowest BCUT2D eigenvalue weighted by Gasteiger charge is -2.23. The van der Waals surface area contributed by atoms with Crippen LogP contribution in [0.1, 0.15) is 37.4 Å². The van der Waals surface area contributed by atoms with Gasteiger partial charge in [-0.05, 0) is 47.0 Å². The summed E-state index contributed by atoms with van der Waals surface area (Å²) in [5, 5.41) is 7.12. The normalized spacial score (nSPS) is 14.5. The van der Waals surface area contributed by atoms with Crippen molar-refractivity contribution in [2.45, 2.75) is 25.8 Å². The maximum absolute atomic E-state index is 13.4. The molecule has 0 aliphatic carbocycles. The van der Waals surface area contributed by atoms with Crippen molar-refractivity contribution in [3.8, 4) is 0 Å². The highest BCUT2D eigenvalue weighted by molar-refractivity contribution is 6.02. The zero-order valence-electron chi connectivity index (χ0n) is 23.0. The van der Waals surface area contributed by atoms with E-state index in [0.29, 0.717) is 43.9 Å². The number of amides is 3. The third-order valence-corrected chi connectivity index (χ3v) is 6.86. The van der Waals surface area contributed by atoms with Crippen molar-refractivity contribution in [1.82, 2.24) is 9.80 Å². The number of nitrogens with zero attached hydrogens (tertiary/aromatic N) is 3. The fourth-order valence-electron chi connectivity index (χ4n) is 4.65. The number of carboxylic acid groups (broad SMARTS) is 1. The van der Waals surface area contributed by atoms with Gasteiger partial charge in [-0.3, -0.25) is 14.4 Å².